The van der Waals surface area contributed by atoms with Gasteiger partial charge in [-0.15, -0.1) is 0 Å². The molecular formula is C28H33F. The van der Waals surface area contributed by atoms with Crippen LogP contribution in [-0.4, -0.2) is 0 Å². The summed E-state index contributed by atoms with van der Waals surface area (Å²) in [6.07, 6.45) is 4.65. The van der Waals surface area contributed by atoms with E-state index in [4.69, 9.17) is 0 Å². The van der Waals surface area contributed by atoms with Crippen LogP contribution in [-0.2, 0) is 0 Å². The van der Waals surface area contributed by atoms with Crippen LogP contribution in [0.2, 0.25) is 0 Å². The smallest absolute Gasteiger partial charge is 0.131 e. The van der Waals surface area contributed by atoms with Gasteiger partial charge < -0.3 is 0 Å². The van der Waals surface area contributed by atoms with Gasteiger partial charge in [-0.25, -0.2) is 4.39 Å². The molecule has 0 saturated carbocycles. The minimum absolute atomic E-state index is 0.166. The summed E-state index contributed by atoms with van der Waals surface area (Å²) >= 11 is 0. The standard InChI is InChI=1S/C28H33F/c1-5-8-20(4)22-9-11-24(12-10-22)26-17-18-27(28(29)19-26)25-15-13-23(14-16-25)21(6-2)7-3/h9-21H,5-8H2,1-4H3. The molecule has 3 aromatic rings. The van der Waals surface area contributed by atoms with E-state index >= 15 is 0 Å². The highest BCUT2D eigenvalue weighted by Crippen LogP contribution is 2.31. The SMILES string of the molecule is CCCC(C)c1ccc(-c2ccc(-c3ccc(C(CC)CC)cc3)c(F)c2)cc1. The summed E-state index contributed by atoms with van der Waals surface area (Å²) in [5, 5.41) is 0. The van der Waals surface area contributed by atoms with Gasteiger partial charge in [-0.05, 0) is 65.0 Å². The van der Waals surface area contributed by atoms with Crippen molar-refractivity contribution in [1.29, 1.82) is 0 Å². The topological polar surface area (TPSA) is 0 Å². The van der Waals surface area contributed by atoms with E-state index in [1.165, 1.54) is 24.0 Å². The lowest BCUT2D eigenvalue weighted by Gasteiger charge is -2.14. The van der Waals surface area contributed by atoms with E-state index in [0.29, 0.717) is 17.4 Å². The van der Waals surface area contributed by atoms with Gasteiger partial charge in [0.25, 0.3) is 0 Å². The first-order valence-corrected chi connectivity index (χ1v) is 11.1. The Bertz CT molecular complexity index is 902. The predicted octanol–water partition coefficient (Wildman–Crippen LogP) is 8.97. The molecular weight excluding hydrogens is 355 g/mol. The number of benzene rings is 3. The molecule has 0 bridgehead atoms. The second kappa shape index (κ2) is 9.87. The van der Waals surface area contributed by atoms with Crippen LogP contribution < -0.4 is 0 Å². The fraction of sp³-hybridized carbons (Fsp3) is 0.357. The van der Waals surface area contributed by atoms with Gasteiger partial charge in [-0.3, -0.25) is 0 Å². The van der Waals surface area contributed by atoms with Crippen molar-refractivity contribution in [1.82, 2.24) is 0 Å². The zero-order valence-corrected chi connectivity index (χ0v) is 18.2. The molecule has 0 spiro atoms. The Balaban J connectivity index is 1.81. The van der Waals surface area contributed by atoms with E-state index in [0.717, 1.165) is 29.5 Å². The van der Waals surface area contributed by atoms with Crippen molar-refractivity contribution < 1.29 is 4.39 Å². The summed E-state index contributed by atoms with van der Waals surface area (Å²) in [5.74, 6) is 0.983. The van der Waals surface area contributed by atoms with Crippen LogP contribution in [0.3, 0.4) is 0 Å². The lowest BCUT2D eigenvalue weighted by Crippen LogP contribution is -1.95. The second-order valence-electron chi connectivity index (χ2n) is 8.14. The first-order valence-electron chi connectivity index (χ1n) is 11.1. The highest BCUT2D eigenvalue weighted by atomic mass is 19.1. The fourth-order valence-corrected chi connectivity index (χ4v) is 4.23. The van der Waals surface area contributed by atoms with Gasteiger partial charge in [-0.1, -0.05) is 94.8 Å². The molecule has 0 saturated heterocycles. The molecule has 152 valence electrons. The molecule has 0 aromatic heterocycles. The highest BCUT2D eigenvalue weighted by Gasteiger charge is 2.11. The van der Waals surface area contributed by atoms with Crippen molar-refractivity contribution in [3.63, 3.8) is 0 Å². The molecule has 0 fully saturated rings. The first-order chi connectivity index (χ1) is 14.1. The molecule has 1 atom stereocenters. The van der Waals surface area contributed by atoms with Crippen LogP contribution >= 0.6 is 0 Å². The van der Waals surface area contributed by atoms with Crippen LogP contribution in [0.5, 0.6) is 0 Å². The van der Waals surface area contributed by atoms with E-state index in [1.54, 1.807) is 6.07 Å². The monoisotopic (exact) mass is 388 g/mol. The molecule has 0 heterocycles. The van der Waals surface area contributed by atoms with Gasteiger partial charge in [0.2, 0.25) is 0 Å². The van der Waals surface area contributed by atoms with Crippen molar-refractivity contribution in [2.24, 2.45) is 0 Å². The molecule has 0 aliphatic carbocycles. The van der Waals surface area contributed by atoms with Crippen LogP contribution in [0.25, 0.3) is 22.3 Å². The highest BCUT2D eigenvalue weighted by molar-refractivity contribution is 5.71. The van der Waals surface area contributed by atoms with Crippen molar-refractivity contribution >= 4 is 0 Å². The van der Waals surface area contributed by atoms with Gasteiger partial charge in [0.1, 0.15) is 5.82 Å². The average Bonchev–Trinajstić information content (AvgIpc) is 2.75. The summed E-state index contributed by atoms with van der Waals surface area (Å²) in [6.45, 7) is 8.92. The third-order valence-corrected chi connectivity index (χ3v) is 6.18. The Kier molecular flexibility index (Phi) is 7.25. The molecule has 0 N–H and O–H groups in total. The second-order valence-corrected chi connectivity index (χ2v) is 8.14. The number of rotatable bonds is 8. The van der Waals surface area contributed by atoms with Crippen molar-refractivity contribution in [3.05, 3.63) is 83.7 Å². The van der Waals surface area contributed by atoms with Crippen LogP contribution in [0.1, 0.15) is 76.3 Å². The Morgan fingerprint density at radius 1 is 0.690 bits per heavy atom. The van der Waals surface area contributed by atoms with Gasteiger partial charge >= 0.3 is 0 Å². The summed E-state index contributed by atoms with van der Waals surface area (Å²) in [5.41, 5.74) is 6.28. The fourth-order valence-electron chi connectivity index (χ4n) is 4.23. The summed E-state index contributed by atoms with van der Waals surface area (Å²) in [7, 11) is 0. The summed E-state index contributed by atoms with van der Waals surface area (Å²) in [4.78, 5) is 0. The largest absolute Gasteiger partial charge is 0.206 e. The van der Waals surface area contributed by atoms with Gasteiger partial charge in [0.15, 0.2) is 0 Å². The minimum atomic E-state index is -0.166. The van der Waals surface area contributed by atoms with E-state index in [1.807, 2.05) is 12.1 Å². The van der Waals surface area contributed by atoms with E-state index in [-0.39, 0.29) is 5.82 Å². The minimum Gasteiger partial charge on any atom is -0.206 e. The molecule has 3 rings (SSSR count). The average molecular weight is 389 g/mol. The van der Waals surface area contributed by atoms with Crippen molar-refractivity contribution in [3.8, 4) is 22.3 Å². The first kappa shape index (κ1) is 21.3. The molecule has 0 aliphatic rings. The maximum absolute atomic E-state index is 14.9. The molecule has 1 heteroatoms. The number of hydrogen-bond donors (Lipinski definition) is 0. The zero-order chi connectivity index (χ0) is 20.8. The molecule has 3 aromatic carbocycles. The van der Waals surface area contributed by atoms with Crippen molar-refractivity contribution in [2.45, 2.75) is 65.2 Å². The Morgan fingerprint density at radius 3 is 1.79 bits per heavy atom. The van der Waals surface area contributed by atoms with Gasteiger partial charge in [-0.2, -0.15) is 0 Å². The van der Waals surface area contributed by atoms with E-state index in [2.05, 4.69) is 76.2 Å². The lowest BCUT2D eigenvalue weighted by molar-refractivity contribution is 0.631. The number of halogens is 1. The van der Waals surface area contributed by atoms with Crippen molar-refractivity contribution in [2.75, 3.05) is 0 Å². The molecule has 0 nitrogen and oxygen atoms in total. The van der Waals surface area contributed by atoms with E-state index < -0.39 is 0 Å². The van der Waals surface area contributed by atoms with Gasteiger partial charge in [0, 0.05) is 5.56 Å². The lowest BCUT2D eigenvalue weighted by atomic mass is 9.91. The third-order valence-electron chi connectivity index (χ3n) is 6.18. The normalized spacial score (nSPS) is 12.3. The Morgan fingerprint density at radius 2 is 1.24 bits per heavy atom. The zero-order valence-electron chi connectivity index (χ0n) is 18.2. The Labute approximate surface area is 175 Å². The summed E-state index contributed by atoms with van der Waals surface area (Å²) in [6, 6.07) is 22.6. The quantitative estimate of drug-likeness (QED) is 0.361. The molecule has 0 radical (unpaired) electrons. The molecule has 0 aliphatic heterocycles. The van der Waals surface area contributed by atoms with E-state index in [9.17, 15) is 4.39 Å². The molecule has 0 amide bonds. The summed E-state index contributed by atoms with van der Waals surface area (Å²) < 4.78 is 14.9. The third kappa shape index (κ3) is 4.96. The van der Waals surface area contributed by atoms with Crippen LogP contribution in [0.15, 0.2) is 66.7 Å². The maximum Gasteiger partial charge on any atom is 0.131 e. The van der Waals surface area contributed by atoms with Crippen LogP contribution in [0.4, 0.5) is 4.39 Å². The predicted molar refractivity (Wildman–Crippen MR) is 124 cm³/mol. The molecule has 1 unspecified atom stereocenters. The van der Waals surface area contributed by atoms with Crippen LogP contribution in [0, 0.1) is 5.82 Å². The van der Waals surface area contributed by atoms with Gasteiger partial charge in [0.05, 0.1) is 0 Å². The Hall–Kier alpha value is -2.41. The number of hydrogen-bond acceptors (Lipinski definition) is 0. The maximum atomic E-state index is 14.9. The molecule has 29 heavy (non-hydrogen) atoms.